The first-order chi connectivity index (χ1) is 13.0. The van der Waals surface area contributed by atoms with Crippen LogP contribution in [-0.2, 0) is 15.1 Å². The van der Waals surface area contributed by atoms with Crippen LogP contribution in [0.25, 0.3) is 0 Å². The van der Waals surface area contributed by atoms with Gasteiger partial charge in [0.1, 0.15) is 17.9 Å². The normalized spacial score (nSPS) is 19.1. The summed E-state index contributed by atoms with van der Waals surface area (Å²) < 4.78 is 15.4. The molecule has 0 radical (unpaired) electrons. The van der Waals surface area contributed by atoms with Gasteiger partial charge in [-0.2, -0.15) is 0 Å². The number of nitrogens with zero attached hydrogens (tertiary/aromatic N) is 2. The number of hydrogen-bond acceptors (Lipinski definition) is 6. The standard InChI is InChI=1S/C19H21N3O5/c1-19(13-4-7-15(26-3)8-5-13)17(23)22(18(24)21-19)14-6-9-16(20-12-14)27-11-10-25-2/h4-9,12H,10-11H2,1-3H3,(H,21,24). The van der Waals surface area contributed by atoms with E-state index in [1.54, 1.807) is 57.5 Å². The molecular formula is C19H21N3O5. The molecule has 8 nitrogen and oxygen atoms in total. The molecule has 8 heteroatoms. The summed E-state index contributed by atoms with van der Waals surface area (Å²) in [6.45, 7) is 2.48. The molecule has 1 atom stereocenters. The fourth-order valence-electron chi connectivity index (χ4n) is 2.81. The van der Waals surface area contributed by atoms with Crippen LogP contribution in [0.15, 0.2) is 42.6 Å². The van der Waals surface area contributed by atoms with Gasteiger partial charge in [0.25, 0.3) is 5.91 Å². The number of carbonyl (C=O) groups excluding carboxylic acids is 2. The minimum absolute atomic E-state index is 0.363. The average Bonchev–Trinajstić information content (AvgIpc) is 2.92. The molecular weight excluding hydrogens is 350 g/mol. The molecule has 0 aliphatic carbocycles. The van der Waals surface area contributed by atoms with Gasteiger partial charge in [-0.1, -0.05) is 12.1 Å². The monoisotopic (exact) mass is 371 g/mol. The fourth-order valence-corrected chi connectivity index (χ4v) is 2.81. The SMILES string of the molecule is COCCOc1ccc(N2C(=O)NC(C)(c3ccc(OC)cc3)C2=O)cn1. The van der Waals surface area contributed by atoms with Gasteiger partial charge in [0.15, 0.2) is 0 Å². The third-order valence-electron chi connectivity index (χ3n) is 4.37. The number of amides is 3. The first-order valence-corrected chi connectivity index (χ1v) is 8.38. The Morgan fingerprint density at radius 3 is 2.41 bits per heavy atom. The Hall–Kier alpha value is -3.13. The third-order valence-corrected chi connectivity index (χ3v) is 4.37. The van der Waals surface area contributed by atoms with Gasteiger partial charge in [-0.3, -0.25) is 4.79 Å². The molecule has 1 aromatic heterocycles. The van der Waals surface area contributed by atoms with E-state index in [9.17, 15) is 9.59 Å². The van der Waals surface area contributed by atoms with Gasteiger partial charge in [-0.25, -0.2) is 14.7 Å². The van der Waals surface area contributed by atoms with Crippen LogP contribution in [-0.4, -0.2) is 44.4 Å². The topological polar surface area (TPSA) is 90.0 Å². The predicted octanol–water partition coefficient (Wildman–Crippen LogP) is 2.09. The van der Waals surface area contributed by atoms with E-state index in [0.717, 1.165) is 4.90 Å². The number of hydrogen-bond donors (Lipinski definition) is 1. The molecule has 142 valence electrons. The molecule has 2 aromatic rings. The molecule has 1 aromatic carbocycles. The maximum atomic E-state index is 13.0. The van der Waals surface area contributed by atoms with Crippen LogP contribution in [0, 0.1) is 0 Å². The molecule has 1 aliphatic rings. The molecule has 27 heavy (non-hydrogen) atoms. The number of benzene rings is 1. The summed E-state index contributed by atoms with van der Waals surface area (Å²) in [6.07, 6.45) is 1.43. The van der Waals surface area contributed by atoms with E-state index in [1.165, 1.54) is 6.20 Å². The number of ether oxygens (including phenoxy) is 3. The van der Waals surface area contributed by atoms with Gasteiger partial charge < -0.3 is 19.5 Å². The quantitative estimate of drug-likeness (QED) is 0.592. The summed E-state index contributed by atoms with van der Waals surface area (Å²) in [4.78, 5) is 30.7. The van der Waals surface area contributed by atoms with Crippen LogP contribution in [0.5, 0.6) is 11.6 Å². The van der Waals surface area contributed by atoms with Gasteiger partial charge in [0, 0.05) is 13.2 Å². The molecule has 2 heterocycles. The van der Waals surface area contributed by atoms with Crippen molar-refractivity contribution in [1.29, 1.82) is 0 Å². The second-order valence-electron chi connectivity index (χ2n) is 6.12. The van der Waals surface area contributed by atoms with Crippen LogP contribution in [0.4, 0.5) is 10.5 Å². The highest BCUT2D eigenvalue weighted by Crippen LogP contribution is 2.33. The Bertz CT molecular complexity index is 822. The van der Waals surface area contributed by atoms with Crippen LogP contribution >= 0.6 is 0 Å². The highest BCUT2D eigenvalue weighted by molar-refractivity contribution is 6.23. The number of methoxy groups -OCH3 is 2. The minimum atomic E-state index is -1.17. The number of pyridine rings is 1. The zero-order valence-corrected chi connectivity index (χ0v) is 15.4. The third kappa shape index (κ3) is 3.56. The van der Waals surface area contributed by atoms with Crippen molar-refractivity contribution in [1.82, 2.24) is 10.3 Å². The number of nitrogens with one attached hydrogen (secondary N) is 1. The van der Waals surface area contributed by atoms with E-state index in [1.807, 2.05) is 0 Å². The van der Waals surface area contributed by atoms with Gasteiger partial charge >= 0.3 is 6.03 Å². The van der Waals surface area contributed by atoms with Crippen molar-refractivity contribution in [2.75, 3.05) is 32.3 Å². The zero-order chi connectivity index (χ0) is 19.4. The van der Waals surface area contributed by atoms with Crippen molar-refractivity contribution < 1.29 is 23.8 Å². The molecule has 1 unspecified atom stereocenters. The van der Waals surface area contributed by atoms with Crippen molar-refractivity contribution in [3.05, 3.63) is 48.2 Å². The summed E-state index contributed by atoms with van der Waals surface area (Å²) in [5.74, 6) is 0.678. The Kier molecular flexibility index (Phi) is 5.27. The summed E-state index contributed by atoms with van der Waals surface area (Å²) in [7, 11) is 3.15. The largest absolute Gasteiger partial charge is 0.497 e. The molecule has 3 amide bonds. The molecule has 1 N–H and O–H groups in total. The lowest BCUT2D eigenvalue weighted by Crippen LogP contribution is -2.40. The maximum absolute atomic E-state index is 13.0. The summed E-state index contributed by atoms with van der Waals surface area (Å²) in [6, 6.07) is 9.72. The van der Waals surface area contributed by atoms with Crippen LogP contribution in [0.3, 0.4) is 0 Å². The lowest BCUT2D eigenvalue weighted by Gasteiger charge is -2.22. The van der Waals surface area contributed by atoms with Crippen molar-refractivity contribution >= 4 is 17.6 Å². The second kappa shape index (κ2) is 7.63. The van der Waals surface area contributed by atoms with Crippen molar-refractivity contribution in [2.45, 2.75) is 12.5 Å². The van der Waals surface area contributed by atoms with Gasteiger partial charge in [0.2, 0.25) is 5.88 Å². The van der Waals surface area contributed by atoms with Crippen LogP contribution in [0.2, 0.25) is 0 Å². The van der Waals surface area contributed by atoms with Crippen molar-refractivity contribution in [3.63, 3.8) is 0 Å². The summed E-state index contributed by atoms with van der Waals surface area (Å²) >= 11 is 0. The molecule has 0 saturated carbocycles. The fraction of sp³-hybridized carbons (Fsp3) is 0.316. The number of urea groups is 1. The summed E-state index contributed by atoms with van der Waals surface area (Å²) in [5.41, 5.74) is -0.137. The van der Waals surface area contributed by atoms with E-state index in [0.29, 0.717) is 36.1 Å². The maximum Gasteiger partial charge on any atom is 0.330 e. The van der Waals surface area contributed by atoms with E-state index >= 15 is 0 Å². The van der Waals surface area contributed by atoms with E-state index in [2.05, 4.69) is 10.3 Å². The molecule has 1 aliphatic heterocycles. The Labute approximate surface area is 157 Å². The average molecular weight is 371 g/mol. The predicted molar refractivity (Wildman–Crippen MR) is 98.0 cm³/mol. The van der Waals surface area contributed by atoms with Gasteiger partial charge in [-0.05, 0) is 30.7 Å². The molecule has 0 bridgehead atoms. The van der Waals surface area contributed by atoms with Gasteiger partial charge in [0.05, 0.1) is 25.6 Å². The lowest BCUT2D eigenvalue weighted by molar-refractivity contribution is -0.121. The van der Waals surface area contributed by atoms with Crippen LogP contribution < -0.4 is 19.7 Å². The number of aromatic nitrogens is 1. The first-order valence-electron chi connectivity index (χ1n) is 8.38. The van der Waals surface area contributed by atoms with Crippen LogP contribution in [0.1, 0.15) is 12.5 Å². The smallest absolute Gasteiger partial charge is 0.330 e. The second-order valence-corrected chi connectivity index (χ2v) is 6.12. The Morgan fingerprint density at radius 2 is 1.81 bits per heavy atom. The lowest BCUT2D eigenvalue weighted by atomic mass is 9.92. The molecule has 0 spiro atoms. The Morgan fingerprint density at radius 1 is 1.07 bits per heavy atom. The van der Waals surface area contributed by atoms with E-state index in [4.69, 9.17) is 14.2 Å². The van der Waals surface area contributed by atoms with Crippen molar-refractivity contribution in [2.24, 2.45) is 0 Å². The number of anilines is 1. The number of rotatable bonds is 7. The highest BCUT2D eigenvalue weighted by atomic mass is 16.5. The molecule has 3 rings (SSSR count). The zero-order valence-electron chi connectivity index (χ0n) is 15.4. The highest BCUT2D eigenvalue weighted by Gasteiger charge is 2.49. The van der Waals surface area contributed by atoms with E-state index in [-0.39, 0.29) is 5.91 Å². The van der Waals surface area contributed by atoms with Gasteiger partial charge in [-0.15, -0.1) is 0 Å². The molecule has 1 saturated heterocycles. The Balaban J connectivity index is 1.81. The number of carbonyl (C=O) groups is 2. The first kappa shape index (κ1) is 18.7. The number of imide groups is 1. The van der Waals surface area contributed by atoms with E-state index < -0.39 is 11.6 Å². The molecule has 1 fully saturated rings. The van der Waals surface area contributed by atoms with Crippen molar-refractivity contribution in [3.8, 4) is 11.6 Å². The minimum Gasteiger partial charge on any atom is -0.497 e. The summed E-state index contributed by atoms with van der Waals surface area (Å²) in [5, 5.41) is 2.76.